The molecular weight excluding hydrogens is 173 g/mol. The van der Waals surface area contributed by atoms with Crippen LogP contribution in [0.2, 0.25) is 0 Å². The van der Waals surface area contributed by atoms with Gasteiger partial charge in [-0.1, -0.05) is 0 Å². The first kappa shape index (κ1) is 2.92. The van der Waals surface area contributed by atoms with Crippen LogP contribution in [0.15, 0.2) is 22.9 Å². The van der Waals surface area contributed by atoms with E-state index >= 15 is 0 Å². The highest BCUT2D eigenvalue weighted by molar-refractivity contribution is 9.10. The standard InChI is InChI=1S/C5H3BrFN/c6-5-3-4(7)1-2-8-5/h1-3H/i1D,2D,3D. The SMILES string of the molecule is [2H]c1nc(Br)c([2H])c(F)c1[2H]. The van der Waals surface area contributed by atoms with E-state index in [1.54, 1.807) is 0 Å². The monoisotopic (exact) mass is 178 g/mol. The van der Waals surface area contributed by atoms with Gasteiger partial charge in [0.15, 0.2) is 0 Å². The van der Waals surface area contributed by atoms with Crippen molar-refractivity contribution < 1.29 is 8.50 Å². The summed E-state index contributed by atoms with van der Waals surface area (Å²) < 4.78 is 33.5. The van der Waals surface area contributed by atoms with Crippen LogP contribution in [0.25, 0.3) is 0 Å². The van der Waals surface area contributed by atoms with Crippen molar-refractivity contribution in [3.05, 3.63) is 28.7 Å². The Morgan fingerprint density at radius 2 is 2.62 bits per heavy atom. The van der Waals surface area contributed by atoms with Crippen molar-refractivity contribution in [1.82, 2.24) is 4.98 Å². The first-order chi connectivity index (χ1) is 5.04. The van der Waals surface area contributed by atoms with E-state index in [0.717, 1.165) is 0 Å². The van der Waals surface area contributed by atoms with Crippen LogP contribution in [0.5, 0.6) is 0 Å². The summed E-state index contributed by atoms with van der Waals surface area (Å²) in [4.78, 5) is 3.40. The third-order valence-electron chi connectivity index (χ3n) is 0.533. The van der Waals surface area contributed by atoms with E-state index in [0.29, 0.717) is 0 Å². The molecule has 0 aliphatic heterocycles. The molecule has 0 unspecified atom stereocenters. The molecule has 1 rings (SSSR count). The lowest BCUT2D eigenvalue weighted by Crippen LogP contribution is -1.74. The summed E-state index contributed by atoms with van der Waals surface area (Å²) >= 11 is 2.79. The van der Waals surface area contributed by atoms with Gasteiger partial charge in [-0.3, -0.25) is 0 Å². The van der Waals surface area contributed by atoms with Crippen molar-refractivity contribution in [1.29, 1.82) is 0 Å². The normalized spacial score (nSPS) is 14.5. The molecule has 0 bridgehead atoms. The molecule has 0 saturated carbocycles. The Morgan fingerprint density at radius 1 is 1.88 bits per heavy atom. The Hall–Kier alpha value is -0.440. The Balaban J connectivity index is 3.46. The molecule has 0 atom stereocenters. The van der Waals surface area contributed by atoms with Crippen molar-refractivity contribution in [2.75, 3.05) is 0 Å². The average Bonchev–Trinajstić information content (AvgIpc) is 1.97. The molecule has 0 aromatic carbocycles. The Kier molecular flexibility index (Phi) is 0.809. The highest BCUT2D eigenvalue weighted by Crippen LogP contribution is 2.05. The van der Waals surface area contributed by atoms with E-state index in [9.17, 15) is 4.39 Å². The molecule has 1 heterocycles. The van der Waals surface area contributed by atoms with Crippen molar-refractivity contribution in [2.45, 2.75) is 0 Å². The number of hydrogen-bond acceptors (Lipinski definition) is 1. The van der Waals surface area contributed by atoms with Crippen LogP contribution >= 0.6 is 15.9 Å². The van der Waals surface area contributed by atoms with Crippen LogP contribution < -0.4 is 0 Å². The molecule has 1 aromatic rings. The zero-order valence-corrected chi connectivity index (χ0v) is 5.29. The molecule has 0 amide bonds. The van der Waals surface area contributed by atoms with Crippen LogP contribution in [-0.4, -0.2) is 4.98 Å². The van der Waals surface area contributed by atoms with Gasteiger partial charge >= 0.3 is 0 Å². The van der Waals surface area contributed by atoms with E-state index in [1.807, 2.05) is 0 Å². The summed E-state index contributed by atoms with van der Waals surface area (Å²) in [5.74, 6) is -1.02. The van der Waals surface area contributed by atoms with Gasteiger partial charge in [0.05, 0.1) is 4.11 Å². The first-order valence-corrected chi connectivity index (χ1v) is 2.62. The summed E-state index contributed by atoms with van der Waals surface area (Å²) in [6.45, 7) is 0. The largest absolute Gasteiger partial charge is 0.249 e. The van der Waals surface area contributed by atoms with Gasteiger partial charge in [0.2, 0.25) is 0 Å². The second-order valence-electron chi connectivity index (χ2n) is 1.08. The lowest BCUT2D eigenvalue weighted by atomic mass is 10.5. The zero-order chi connectivity index (χ0) is 8.59. The number of hydrogen-bond donors (Lipinski definition) is 0. The molecule has 1 aromatic heterocycles. The first-order valence-electron chi connectivity index (χ1n) is 3.33. The number of halogens is 2. The molecule has 0 radical (unpaired) electrons. The summed E-state index contributed by atoms with van der Waals surface area (Å²) in [6.07, 6.45) is -0.467. The second-order valence-corrected chi connectivity index (χ2v) is 1.83. The van der Waals surface area contributed by atoms with E-state index < -0.39 is 24.1 Å². The van der Waals surface area contributed by atoms with Gasteiger partial charge in [0.25, 0.3) is 0 Å². The van der Waals surface area contributed by atoms with Crippen LogP contribution in [0.4, 0.5) is 4.39 Å². The van der Waals surface area contributed by atoms with Gasteiger partial charge in [0.1, 0.15) is 10.4 Å². The molecule has 1 nitrogen and oxygen atoms in total. The topological polar surface area (TPSA) is 12.9 Å². The summed E-state index contributed by atoms with van der Waals surface area (Å²) in [5.41, 5.74) is 0. The molecule has 0 saturated heterocycles. The quantitative estimate of drug-likeness (QED) is 0.555. The summed E-state index contributed by atoms with van der Waals surface area (Å²) in [5, 5.41) is 0. The highest BCUT2D eigenvalue weighted by Gasteiger charge is 1.87. The summed E-state index contributed by atoms with van der Waals surface area (Å²) in [6, 6.07) is -1.12. The van der Waals surface area contributed by atoms with Crippen molar-refractivity contribution in [2.24, 2.45) is 0 Å². The number of rotatable bonds is 0. The average molecular weight is 179 g/mol. The fourth-order valence-electron chi connectivity index (χ4n) is 0.276. The van der Waals surface area contributed by atoms with Crippen molar-refractivity contribution in [3.8, 4) is 0 Å². The van der Waals surface area contributed by atoms with Crippen LogP contribution in [0.1, 0.15) is 4.11 Å². The predicted octanol–water partition coefficient (Wildman–Crippen LogP) is 1.98. The van der Waals surface area contributed by atoms with E-state index in [4.69, 9.17) is 4.11 Å². The van der Waals surface area contributed by atoms with Crippen molar-refractivity contribution in [3.63, 3.8) is 0 Å². The minimum atomic E-state index is -1.02. The maximum atomic E-state index is 12.7. The fraction of sp³-hybridized carbons (Fsp3) is 0. The maximum Gasteiger partial charge on any atom is 0.127 e. The van der Waals surface area contributed by atoms with Gasteiger partial charge in [-0.15, -0.1) is 0 Å². The van der Waals surface area contributed by atoms with Gasteiger partial charge in [-0.25, -0.2) is 9.37 Å². The Morgan fingerprint density at radius 3 is 3.38 bits per heavy atom. The van der Waals surface area contributed by atoms with Gasteiger partial charge in [0, 0.05) is 12.2 Å². The minimum absolute atomic E-state index is 0.0454. The van der Waals surface area contributed by atoms with Gasteiger partial charge < -0.3 is 0 Å². The van der Waals surface area contributed by atoms with Crippen molar-refractivity contribution >= 4 is 15.9 Å². The smallest absolute Gasteiger partial charge is 0.127 e. The number of nitrogens with zero attached hydrogens (tertiary/aromatic N) is 1. The maximum absolute atomic E-state index is 12.7. The molecule has 0 aliphatic carbocycles. The second kappa shape index (κ2) is 2.22. The van der Waals surface area contributed by atoms with E-state index in [-0.39, 0.29) is 4.60 Å². The molecule has 0 spiro atoms. The Bertz CT molecular complexity index is 278. The summed E-state index contributed by atoms with van der Waals surface area (Å²) in [7, 11) is 0. The number of aromatic nitrogens is 1. The highest BCUT2D eigenvalue weighted by atomic mass is 79.9. The Labute approximate surface area is 58.9 Å². The lowest BCUT2D eigenvalue weighted by Gasteiger charge is -1.85. The third kappa shape index (κ3) is 1.26. The third-order valence-corrected chi connectivity index (χ3v) is 0.908. The van der Waals surface area contributed by atoms with E-state index in [2.05, 4.69) is 20.9 Å². The van der Waals surface area contributed by atoms with Crippen LogP contribution in [0.3, 0.4) is 0 Å². The number of pyridine rings is 1. The molecule has 42 valence electrons. The van der Waals surface area contributed by atoms with Crippen LogP contribution in [-0.2, 0) is 0 Å². The van der Waals surface area contributed by atoms with Crippen LogP contribution in [0, 0.1) is 5.82 Å². The minimum Gasteiger partial charge on any atom is -0.249 e. The molecular formula is C5H3BrFN. The predicted molar refractivity (Wildman–Crippen MR) is 31.9 cm³/mol. The van der Waals surface area contributed by atoms with Gasteiger partial charge in [-0.05, 0) is 22.0 Å². The zero-order valence-electron chi connectivity index (χ0n) is 6.70. The lowest BCUT2D eigenvalue weighted by molar-refractivity contribution is 0.624. The fourth-order valence-corrected chi connectivity index (χ4v) is 0.539. The molecule has 0 N–H and O–H groups in total. The molecule has 0 fully saturated rings. The van der Waals surface area contributed by atoms with E-state index in [1.165, 1.54) is 0 Å². The molecule has 0 aliphatic rings. The van der Waals surface area contributed by atoms with Gasteiger partial charge in [-0.2, -0.15) is 0 Å². The molecule has 8 heavy (non-hydrogen) atoms. The molecule has 3 heteroatoms.